The van der Waals surface area contributed by atoms with Gasteiger partial charge in [0.05, 0.1) is 17.1 Å². The second-order valence-electron chi connectivity index (χ2n) is 4.44. The first-order chi connectivity index (χ1) is 8.19. The summed E-state index contributed by atoms with van der Waals surface area (Å²) in [6, 6.07) is 5.09. The van der Waals surface area contributed by atoms with Crippen LogP contribution in [0.3, 0.4) is 0 Å². The molecule has 1 aromatic carbocycles. The van der Waals surface area contributed by atoms with Crippen molar-refractivity contribution in [3.8, 4) is 0 Å². The van der Waals surface area contributed by atoms with E-state index < -0.39 is 0 Å². The van der Waals surface area contributed by atoms with Gasteiger partial charge in [0.25, 0.3) is 0 Å². The van der Waals surface area contributed by atoms with Gasteiger partial charge in [-0.05, 0) is 43.3 Å². The molecule has 2 aromatic rings. The molecule has 0 spiro atoms. The lowest BCUT2D eigenvalue weighted by Gasteiger charge is -2.35. The minimum absolute atomic E-state index is 0.246. The number of nitrogens with one attached hydrogen (secondary N) is 1. The van der Waals surface area contributed by atoms with Gasteiger partial charge in [-0.3, -0.25) is 0 Å². The number of H-pyrrole nitrogens is 1. The molecule has 0 unspecified atom stereocenters. The van der Waals surface area contributed by atoms with Crippen molar-refractivity contribution in [2.75, 3.05) is 7.11 Å². The molecular formula is C12H13FN2OS. The van der Waals surface area contributed by atoms with Crippen LogP contribution in [0.4, 0.5) is 4.39 Å². The lowest BCUT2D eigenvalue weighted by atomic mass is 9.89. The van der Waals surface area contributed by atoms with Crippen molar-refractivity contribution in [2.24, 2.45) is 0 Å². The van der Waals surface area contributed by atoms with Crippen LogP contribution in [0, 0.1) is 10.6 Å². The van der Waals surface area contributed by atoms with Crippen LogP contribution >= 0.6 is 12.2 Å². The number of halogens is 1. The predicted molar refractivity (Wildman–Crippen MR) is 66.1 cm³/mol. The molecule has 0 atom stereocenters. The summed E-state index contributed by atoms with van der Waals surface area (Å²) in [5.74, 6) is -0.246. The Morgan fingerprint density at radius 1 is 1.47 bits per heavy atom. The molecule has 3 nitrogen and oxygen atoms in total. The summed E-state index contributed by atoms with van der Waals surface area (Å²) in [5.41, 5.74) is 1.73. The summed E-state index contributed by atoms with van der Waals surface area (Å²) < 4.78 is 21.1. The minimum Gasteiger partial charge on any atom is -0.381 e. The molecule has 1 aliphatic rings. The third-order valence-corrected chi connectivity index (χ3v) is 3.75. The number of fused-ring (bicyclic) bond motifs is 1. The zero-order valence-electron chi connectivity index (χ0n) is 9.44. The lowest BCUT2D eigenvalue weighted by Crippen LogP contribution is -2.32. The molecule has 1 heterocycles. The number of imidazole rings is 1. The molecule has 1 aromatic heterocycles. The largest absolute Gasteiger partial charge is 0.381 e. The Labute approximate surface area is 103 Å². The van der Waals surface area contributed by atoms with E-state index in [1.54, 1.807) is 13.2 Å². The highest BCUT2D eigenvalue weighted by Gasteiger charge is 2.31. The van der Waals surface area contributed by atoms with Crippen LogP contribution in [0.2, 0.25) is 0 Å². The molecule has 17 heavy (non-hydrogen) atoms. The van der Waals surface area contributed by atoms with Crippen molar-refractivity contribution in [3.05, 3.63) is 28.8 Å². The van der Waals surface area contributed by atoms with Crippen LogP contribution in [0.25, 0.3) is 11.0 Å². The fourth-order valence-electron chi connectivity index (χ4n) is 2.41. The Morgan fingerprint density at radius 3 is 2.94 bits per heavy atom. The third kappa shape index (κ3) is 1.70. The molecule has 1 saturated carbocycles. The summed E-state index contributed by atoms with van der Waals surface area (Å²) in [5, 5.41) is 0. The molecule has 0 saturated heterocycles. The maximum atomic E-state index is 13.1. The van der Waals surface area contributed by atoms with E-state index in [2.05, 4.69) is 9.55 Å². The van der Waals surface area contributed by atoms with Crippen LogP contribution in [0.5, 0.6) is 0 Å². The van der Waals surface area contributed by atoms with E-state index in [1.165, 1.54) is 12.1 Å². The number of methoxy groups -OCH3 is 1. The van der Waals surface area contributed by atoms with E-state index in [4.69, 9.17) is 17.0 Å². The lowest BCUT2D eigenvalue weighted by molar-refractivity contribution is 0.00698. The van der Waals surface area contributed by atoms with Gasteiger partial charge in [0, 0.05) is 13.2 Å². The van der Waals surface area contributed by atoms with Gasteiger partial charge in [-0.2, -0.15) is 0 Å². The number of nitrogens with zero attached hydrogens (tertiary/aromatic N) is 1. The summed E-state index contributed by atoms with van der Waals surface area (Å²) >= 11 is 5.29. The quantitative estimate of drug-likeness (QED) is 0.832. The fraction of sp³-hybridized carbons (Fsp3) is 0.417. The van der Waals surface area contributed by atoms with Gasteiger partial charge in [-0.25, -0.2) is 4.39 Å². The Balaban J connectivity index is 2.05. The number of aromatic nitrogens is 2. The molecular weight excluding hydrogens is 239 g/mol. The van der Waals surface area contributed by atoms with Gasteiger partial charge in [0.2, 0.25) is 0 Å². The van der Waals surface area contributed by atoms with Crippen molar-refractivity contribution >= 4 is 23.3 Å². The number of rotatable bonds is 2. The van der Waals surface area contributed by atoms with Crippen LogP contribution in [0.15, 0.2) is 18.2 Å². The number of hydrogen-bond acceptors (Lipinski definition) is 2. The standard InChI is InChI=1S/C12H13FN2OS/c1-16-9-5-8(6-9)15-11-3-2-7(13)4-10(11)14-12(15)17/h2-4,8-9H,5-6H2,1H3,(H,14,17). The molecule has 1 N–H and O–H groups in total. The van der Waals surface area contributed by atoms with E-state index in [-0.39, 0.29) is 5.82 Å². The van der Waals surface area contributed by atoms with Crippen LogP contribution in [-0.2, 0) is 4.74 Å². The molecule has 5 heteroatoms. The fourth-order valence-corrected chi connectivity index (χ4v) is 2.76. The number of benzene rings is 1. The normalized spacial score (nSPS) is 23.9. The summed E-state index contributed by atoms with van der Waals surface area (Å²) in [4.78, 5) is 3.05. The SMILES string of the molecule is COC1CC(n2c(=S)[nH]c3cc(F)ccc32)C1. The van der Waals surface area contributed by atoms with Crippen molar-refractivity contribution in [1.29, 1.82) is 0 Å². The first-order valence-electron chi connectivity index (χ1n) is 5.61. The van der Waals surface area contributed by atoms with E-state index in [0.29, 0.717) is 16.9 Å². The summed E-state index contributed by atoms with van der Waals surface area (Å²) in [6.07, 6.45) is 2.26. The maximum Gasteiger partial charge on any atom is 0.178 e. The monoisotopic (exact) mass is 252 g/mol. The van der Waals surface area contributed by atoms with Crippen molar-refractivity contribution < 1.29 is 9.13 Å². The summed E-state index contributed by atoms with van der Waals surface area (Å²) in [7, 11) is 1.73. The Bertz CT molecular complexity index is 612. The van der Waals surface area contributed by atoms with E-state index >= 15 is 0 Å². The Hall–Kier alpha value is -1.20. The average molecular weight is 252 g/mol. The molecule has 0 aliphatic heterocycles. The highest BCUT2D eigenvalue weighted by atomic mass is 32.1. The average Bonchev–Trinajstić information content (AvgIpc) is 2.53. The van der Waals surface area contributed by atoms with Gasteiger partial charge >= 0.3 is 0 Å². The van der Waals surface area contributed by atoms with Crippen molar-refractivity contribution in [3.63, 3.8) is 0 Å². The van der Waals surface area contributed by atoms with Crippen LogP contribution in [-0.4, -0.2) is 22.8 Å². The zero-order valence-corrected chi connectivity index (χ0v) is 10.3. The van der Waals surface area contributed by atoms with Crippen LogP contribution < -0.4 is 0 Å². The molecule has 0 amide bonds. The van der Waals surface area contributed by atoms with Gasteiger partial charge in [-0.15, -0.1) is 0 Å². The number of ether oxygens (including phenoxy) is 1. The second-order valence-corrected chi connectivity index (χ2v) is 4.83. The predicted octanol–water partition coefficient (Wildman–Crippen LogP) is 3.19. The maximum absolute atomic E-state index is 13.1. The molecule has 1 aliphatic carbocycles. The Morgan fingerprint density at radius 2 is 2.24 bits per heavy atom. The zero-order chi connectivity index (χ0) is 12.0. The van der Waals surface area contributed by atoms with Crippen molar-refractivity contribution in [2.45, 2.75) is 25.0 Å². The van der Waals surface area contributed by atoms with Crippen LogP contribution in [0.1, 0.15) is 18.9 Å². The highest BCUT2D eigenvalue weighted by Crippen LogP contribution is 2.36. The van der Waals surface area contributed by atoms with Crippen molar-refractivity contribution in [1.82, 2.24) is 9.55 Å². The number of hydrogen-bond donors (Lipinski definition) is 1. The Kier molecular flexibility index (Phi) is 2.52. The second kappa shape index (κ2) is 3.92. The third-order valence-electron chi connectivity index (χ3n) is 3.45. The molecule has 1 fully saturated rings. The number of aromatic amines is 1. The minimum atomic E-state index is -0.246. The smallest absolute Gasteiger partial charge is 0.178 e. The van der Waals surface area contributed by atoms with E-state index in [9.17, 15) is 4.39 Å². The molecule has 90 valence electrons. The summed E-state index contributed by atoms with van der Waals surface area (Å²) in [6.45, 7) is 0. The van der Waals surface area contributed by atoms with Gasteiger partial charge in [0.15, 0.2) is 4.77 Å². The van der Waals surface area contributed by atoms with Gasteiger partial charge in [-0.1, -0.05) is 0 Å². The molecule has 0 bridgehead atoms. The molecule has 0 radical (unpaired) electrons. The molecule has 3 rings (SSSR count). The topological polar surface area (TPSA) is 29.9 Å². The first kappa shape index (κ1) is 10.9. The highest BCUT2D eigenvalue weighted by molar-refractivity contribution is 7.71. The van der Waals surface area contributed by atoms with Gasteiger partial charge in [0.1, 0.15) is 5.82 Å². The first-order valence-corrected chi connectivity index (χ1v) is 6.02. The van der Waals surface area contributed by atoms with Gasteiger partial charge < -0.3 is 14.3 Å². The van der Waals surface area contributed by atoms with E-state index in [0.717, 1.165) is 23.9 Å². The van der Waals surface area contributed by atoms with E-state index in [1.807, 2.05) is 0 Å².